The molecule has 0 saturated carbocycles. The topological polar surface area (TPSA) is 158 Å². The first-order valence-electron chi connectivity index (χ1n) is 10.9. The number of aliphatic carboxylic acids is 1. The fraction of sp³-hybridized carbons (Fsp3) is 0.455. The second-order valence-electron chi connectivity index (χ2n) is 8.19. The Kier molecular flexibility index (Phi) is 8.86. The van der Waals surface area contributed by atoms with Crippen LogP contribution in [0, 0.1) is 0 Å². The van der Waals surface area contributed by atoms with Crippen LogP contribution in [0.1, 0.15) is 18.4 Å². The number of nitrogens with zero attached hydrogens (tertiary/aromatic N) is 1. The average molecular weight is 508 g/mol. The molecule has 0 spiro atoms. The smallest absolute Gasteiger partial charge is 0.326 e. The number of rotatable bonds is 10. The van der Waals surface area contributed by atoms with Gasteiger partial charge in [0.1, 0.15) is 18.1 Å². The van der Waals surface area contributed by atoms with E-state index in [-0.39, 0.29) is 23.8 Å². The second-order valence-corrected chi connectivity index (χ2v) is 8.92. The minimum Gasteiger partial charge on any atom is -0.480 e. The van der Waals surface area contributed by atoms with Gasteiger partial charge in [0.15, 0.2) is 0 Å². The fourth-order valence-electron chi connectivity index (χ4n) is 4.05. The van der Waals surface area contributed by atoms with E-state index in [0.717, 1.165) is 16.5 Å². The van der Waals surface area contributed by atoms with Crippen molar-refractivity contribution in [3.8, 4) is 0 Å². The monoisotopic (exact) mass is 507 g/mol. The molecular formula is C22H29N5O5S2. The standard InChI is InChI=1S/C22H29N5O5S2/c23-14(10-33)21(30)27-7-3-6-18(27)20(29)26-17(11-34)19(28)25-16(22(31)32)8-12-9-24-15-5-2-1-4-13(12)15/h1-2,4-5,9,14,16-18,24,33-34H,3,6-8,10-11,23H2,(H,25,28)(H,26,29)(H,31,32). The van der Waals surface area contributed by atoms with Gasteiger partial charge in [-0.05, 0) is 24.5 Å². The highest BCUT2D eigenvalue weighted by molar-refractivity contribution is 7.80. The van der Waals surface area contributed by atoms with E-state index >= 15 is 0 Å². The van der Waals surface area contributed by atoms with E-state index in [1.807, 2.05) is 24.3 Å². The van der Waals surface area contributed by atoms with Crippen LogP contribution in [0.2, 0.25) is 0 Å². The predicted molar refractivity (Wildman–Crippen MR) is 134 cm³/mol. The van der Waals surface area contributed by atoms with E-state index in [4.69, 9.17) is 5.73 Å². The number of carbonyl (C=O) groups is 4. The molecule has 1 aromatic heterocycles. The summed E-state index contributed by atoms with van der Waals surface area (Å²) in [5, 5.41) is 15.7. The number of nitrogens with two attached hydrogens (primary N) is 1. The van der Waals surface area contributed by atoms with Gasteiger partial charge >= 0.3 is 5.97 Å². The highest BCUT2D eigenvalue weighted by Crippen LogP contribution is 2.20. The first-order chi connectivity index (χ1) is 16.3. The van der Waals surface area contributed by atoms with E-state index in [9.17, 15) is 24.3 Å². The number of H-pyrrole nitrogens is 1. The number of para-hydroxylation sites is 1. The Balaban J connectivity index is 1.66. The van der Waals surface area contributed by atoms with Crippen LogP contribution in [0.25, 0.3) is 10.9 Å². The molecular weight excluding hydrogens is 478 g/mol. The lowest BCUT2D eigenvalue weighted by molar-refractivity contribution is -0.142. The van der Waals surface area contributed by atoms with Gasteiger partial charge in [-0.25, -0.2) is 4.79 Å². The Labute approximate surface area is 207 Å². The Morgan fingerprint density at radius 2 is 1.88 bits per heavy atom. The van der Waals surface area contributed by atoms with E-state index in [1.54, 1.807) is 6.20 Å². The predicted octanol–water partition coefficient (Wildman–Crippen LogP) is -0.0575. The van der Waals surface area contributed by atoms with Gasteiger partial charge in [0.2, 0.25) is 17.7 Å². The van der Waals surface area contributed by atoms with Crippen molar-refractivity contribution in [3.63, 3.8) is 0 Å². The van der Waals surface area contributed by atoms with Crippen LogP contribution >= 0.6 is 25.3 Å². The molecule has 6 N–H and O–H groups in total. The van der Waals surface area contributed by atoms with Crippen molar-refractivity contribution in [1.82, 2.24) is 20.5 Å². The normalized spacial score (nSPS) is 18.3. The number of nitrogens with one attached hydrogen (secondary N) is 3. The number of thiol groups is 2. The molecule has 4 unspecified atom stereocenters. The zero-order valence-corrected chi connectivity index (χ0v) is 20.2. The largest absolute Gasteiger partial charge is 0.480 e. The molecule has 4 atom stereocenters. The lowest BCUT2D eigenvalue weighted by atomic mass is 10.0. The van der Waals surface area contributed by atoms with E-state index in [1.165, 1.54) is 4.90 Å². The van der Waals surface area contributed by atoms with Crippen molar-refractivity contribution < 1.29 is 24.3 Å². The number of fused-ring (bicyclic) bond motifs is 1. The van der Waals surface area contributed by atoms with Crippen LogP contribution < -0.4 is 16.4 Å². The fourth-order valence-corrected chi connectivity index (χ4v) is 4.46. The van der Waals surface area contributed by atoms with Gasteiger partial charge in [0.05, 0.1) is 6.04 Å². The van der Waals surface area contributed by atoms with Crippen molar-refractivity contribution >= 4 is 59.9 Å². The van der Waals surface area contributed by atoms with E-state index < -0.39 is 42.0 Å². The maximum Gasteiger partial charge on any atom is 0.326 e. The Morgan fingerprint density at radius 1 is 1.15 bits per heavy atom. The van der Waals surface area contributed by atoms with E-state index in [2.05, 4.69) is 40.9 Å². The summed E-state index contributed by atoms with van der Waals surface area (Å²) in [5.41, 5.74) is 7.38. The van der Waals surface area contributed by atoms with Crippen molar-refractivity contribution in [2.45, 2.75) is 43.4 Å². The van der Waals surface area contributed by atoms with Crippen LogP contribution in [-0.2, 0) is 25.6 Å². The van der Waals surface area contributed by atoms with Crippen LogP contribution in [0.4, 0.5) is 0 Å². The third-order valence-electron chi connectivity index (χ3n) is 5.88. The molecule has 1 fully saturated rings. The number of benzene rings is 1. The molecule has 12 heteroatoms. The molecule has 1 aliphatic rings. The van der Waals surface area contributed by atoms with Crippen LogP contribution in [0.3, 0.4) is 0 Å². The van der Waals surface area contributed by atoms with Crippen LogP contribution in [-0.4, -0.2) is 80.9 Å². The van der Waals surface area contributed by atoms with Crippen molar-refractivity contribution in [1.29, 1.82) is 0 Å². The third-order valence-corrected chi connectivity index (χ3v) is 6.64. The summed E-state index contributed by atoms with van der Waals surface area (Å²) >= 11 is 8.20. The summed E-state index contributed by atoms with van der Waals surface area (Å²) in [6.45, 7) is 0.391. The number of amides is 3. The molecule has 2 aromatic rings. The molecule has 34 heavy (non-hydrogen) atoms. The first kappa shape index (κ1) is 25.9. The van der Waals surface area contributed by atoms with Gasteiger partial charge in [-0.3, -0.25) is 14.4 Å². The molecule has 3 amide bonds. The number of hydrogen-bond acceptors (Lipinski definition) is 7. The molecule has 1 saturated heterocycles. The Hall–Kier alpha value is -2.70. The third kappa shape index (κ3) is 5.86. The Bertz CT molecular complexity index is 1060. The first-order valence-corrected chi connectivity index (χ1v) is 12.2. The molecule has 184 valence electrons. The zero-order valence-electron chi connectivity index (χ0n) is 18.4. The molecule has 0 radical (unpaired) electrons. The molecule has 0 aliphatic carbocycles. The summed E-state index contributed by atoms with van der Waals surface area (Å²) in [7, 11) is 0. The summed E-state index contributed by atoms with van der Waals surface area (Å²) in [6, 6.07) is 3.61. The number of aromatic amines is 1. The number of aromatic nitrogens is 1. The molecule has 2 heterocycles. The zero-order chi connectivity index (χ0) is 24.8. The van der Waals surface area contributed by atoms with Gasteiger partial charge in [0, 0.05) is 41.6 Å². The molecule has 10 nitrogen and oxygen atoms in total. The quantitative estimate of drug-likeness (QED) is 0.223. The van der Waals surface area contributed by atoms with Gasteiger partial charge in [-0.2, -0.15) is 25.3 Å². The van der Waals surface area contributed by atoms with Gasteiger partial charge in [0.25, 0.3) is 0 Å². The highest BCUT2D eigenvalue weighted by Gasteiger charge is 2.37. The number of carboxylic acids is 1. The number of carbonyl (C=O) groups excluding carboxylic acids is 3. The van der Waals surface area contributed by atoms with E-state index in [0.29, 0.717) is 19.4 Å². The average Bonchev–Trinajstić information content (AvgIpc) is 3.48. The molecule has 1 aromatic carbocycles. The molecule has 0 bridgehead atoms. The molecule has 3 rings (SSSR count). The van der Waals surface area contributed by atoms with Crippen LogP contribution in [0.15, 0.2) is 30.5 Å². The summed E-state index contributed by atoms with van der Waals surface area (Å²) < 4.78 is 0. The minimum atomic E-state index is -1.20. The second kappa shape index (κ2) is 11.6. The summed E-state index contributed by atoms with van der Waals surface area (Å²) in [6.07, 6.45) is 2.85. The lowest BCUT2D eigenvalue weighted by Gasteiger charge is -2.28. The van der Waals surface area contributed by atoms with Gasteiger partial charge in [-0.15, -0.1) is 0 Å². The SMILES string of the molecule is NC(CS)C(=O)N1CCCC1C(=O)NC(CS)C(=O)NC(Cc1c[nH]c2ccccc12)C(=O)O. The maximum absolute atomic E-state index is 12.9. The number of carboxylic acid groups (broad SMARTS) is 1. The summed E-state index contributed by atoms with van der Waals surface area (Å²) in [4.78, 5) is 54.5. The number of hydrogen-bond donors (Lipinski definition) is 7. The molecule has 1 aliphatic heterocycles. The van der Waals surface area contributed by atoms with Crippen LogP contribution in [0.5, 0.6) is 0 Å². The Morgan fingerprint density at radius 3 is 2.56 bits per heavy atom. The highest BCUT2D eigenvalue weighted by atomic mass is 32.1. The van der Waals surface area contributed by atoms with Crippen molar-refractivity contribution in [2.75, 3.05) is 18.1 Å². The van der Waals surface area contributed by atoms with Crippen molar-refractivity contribution in [2.24, 2.45) is 5.73 Å². The number of likely N-dealkylation sites (tertiary alicyclic amines) is 1. The maximum atomic E-state index is 12.9. The minimum absolute atomic E-state index is 0.0478. The summed E-state index contributed by atoms with van der Waals surface area (Å²) in [5.74, 6) is -2.64. The lowest BCUT2D eigenvalue weighted by Crippen LogP contribution is -2.57. The van der Waals surface area contributed by atoms with Gasteiger partial charge in [-0.1, -0.05) is 18.2 Å². The van der Waals surface area contributed by atoms with Gasteiger partial charge < -0.3 is 31.4 Å². The van der Waals surface area contributed by atoms with Crippen molar-refractivity contribution in [3.05, 3.63) is 36.0 Å².